The quantitative estimate of drug-likeness (QED) is 0.817. The molecule has 1 aromatic rings. The number of nitrogens with two attached hydrogens (primary N) is 1. The van der Waals surface area contributed by atoms with Gasteiger partial charge in [0, 0.05) is 13.7 Å². The number of rotatable bonds is 5. The van der Waals surface area contributed by atoms with Crippen LogP contribution in [0.25, 0.3) is 0 Å². The van der Waals surface area contributed by atoms with Crippen molar-refractivity contribution in [3.05, 3.63) is 29.6 Å². The molecule has 0 radical (unpaired) electrons. The summed E-state index contributed by atoms with van der Waals surface area (Å²) in [7, 11) is 1.51. The van der Waals surface area contributed by atoms with Gasteiger partial charge in [0.05, 0.1) is 17.3 Å². The van der Waals surface area contributed by atoms with Crippen LogP contribution in [-0.2, 0) is 9.53 Å². The first kappa shape index (κ1) is 14.1. The van der Waals surface area contributed by atoms with Crippen molar-refractivity contribution in [1.82, 2.24) is 0 Å². The average Bonchev–Trinajstić information content (AvgIpc) is 2.37. The van der Waals surface area contributed by atoms with Crippen molar-refractivity contribution >= 4 is 11.6 Å². The van der Waals surface area contributed by atoms with E-state index in [1.54, 1.807) is 6.07 Å². The lowest BCUT2D eigenvalue weighted by Crippen LogP contribution is -2.36. The lowest BCUT2D eigenvalue weighted by atomic mass is 10.1. The van der Waals surface area contributed by atoms with Gasteiger partial charge in [-0.25, -0.2) is 4.39 Å². The van der Waals surface area contributed by atoms with Crippen LogP contribution in [0.4, 0.5) is 10.1 Å². The Kier molecular flexibility index (Phi) is 5.24. The summed E-state index contributed by atoms with van der Waals surface area (Å²) in [6.07, 6.45) is 0.366. The normalized spacial score (nSPS) is 11.7. The van der Waals surface area contributed by atoms with Crippen molar-refractivity contribution in [2.75, 3.05) is 19.0 Å². The number of carbonyl (C=O) groups excluding carboxylic acids is 1. The summed E-state index contributed by atoms with van der Waals surface area (Å²) >= 11 is 0. The second-order valence-electron chi connectivity index (χ2n) is 3.68. The first-order chi connectivity index (χ1) is 8.58. The molecule has 0 aliphatic heterocycles. The van der Waals surface area contributed by atoms with Crippen LogP contribution in [-0.4, -0.2) is 25.7 Å². The Balaban J connectivity index is 2.73. The van der Waals surface area contributed by atoms with Gasteiger partial charge in [-0.15, -0.1) is 0 Å². The lowest BCUT2D eigenvalue weighted by Gasteiger charge is -2.12. The molecular formula is C12H14FN3O2. The summed E-state index contributed by atoms with van der Waals surface area (Å²) < 4.78 is 17.7. The average molecular weight is 251 g/mol. The highest BCUT2D eigenvalue weighted by atomic mass is 19.1. The number of hydrogen-bond donors (Lipinski definition) is 2. The standard InChI is InChI=1S/C12H14FN3O2/c1-18-5-4-10(15)12(17)16-11-3-2-9(13)6-8(11)7-14/h2-3,6,10H,4-5,15H2,1H3,(H,16,17). The number of carbonyl (C=O) groups is 1. The molecular weight excluding hydrogens is 237 g/mol. The molecule has 1 rings (SSSR count). The van der Waals surface area contributed by atoms with Gasteiger partial charge in [-0.05, 0) is 24.6 Å². The smallest absolute Gasteiger partial charge is 0.241 e. The SMILES string of the molecule is COCCC(N)C(=O)Nc1ccc(F)cc1C#N. The molecule has 1 amide bonds. The van der Waals surface area contributed by atoms with E-state index >= 15 is 0 Å². The van der Waals surface area contributed by atoms with Crippen LogP contribution in [0.15, 0.2) is 18.2 Å². The van der Waals surface area contributed by atoms with E-state index in [2.05, 4.69) is 5.32 Å². The van der Waals surface area contributed by atoms with Crippen LogP contribution in [0.3, 0.4) is 0 Å². The number of halogens is 1. The summed E-state index contributed by atoms with van der Waals surface area (Å²) in [5.74, 6) is -0.969. The topological polar surface area (TPSA) is 88.1 Å². The Morgan fingerprint density at radius 3 is 3.00 bits per heavy atom. The number of amides is 1. The highest BCUT2D eigenvalue weighted by Crippen LogP contribution is 2.16. The third-order valence-corrected chi connectivity index (χ3v) is 2.33. The molecule has 0 saturated carbocycles. The molecule has 6 heteroatoms. The maximum absolute atomic E-state index is 12.9. The van der Waals surface area contributed by atoms with Crippen molar-refractivity contribution in [2.45, 2.75) is 12.5 Å². The van der Waals surface area contributed by atoms with Crippen molar-refractivity contribution in [1.29, 1.82) is 5.26 Å². The Bertz CT molecular complexity index is 471. The van der Waals surface area contributed by atoms with E-state index in [0.717, 1.165) is 12.1 Å². The fourth-order valence-electron chi connectivity index (χ4n) is 1.32. The van der Waals surface area contributed by atoms with Crippen molar-refractivity contribution in [3.8, 4) is 6.07 Å². The van der Waals surface area contributed by atoms with E-state index in [1.807, 2.05) is 0 Å². The Morgan fingerprint density at radius 2 is 2.39 bits per heavy atom. The second kappa shape index (κ2) is 6.69. The van der Waals surface area contributed by atoms with Gasteiger partial charge >= 0.3 is 0 Å². The number of nitrogens with one attached hydrogen (secondary N) is 1. The number of ether oxygens (including phenoxy) is 1. The first-order valence-electron chi connectivity index (χ1n) is 5.33. The summed E-state index contributed by atoms with van der Waals surface area (Å²) in [5, 5.41) is 11.3. The fraction of sp³-hybridized carbons (Fsp3) is 0.333. The van der Waals surface area contributed by atoms with E-state index in [4.69, 9.17) is 15.7 Å². The van der Waals surface area contributed by atoms with Crippen molar-refractivity contribution < 1.29 is 13.9 Å². The zero-order valence-electron chi connectivity index (χ0n) is 9.94. The molecule has 0 spiro atoms. The fourth-order valence-corrected chi connectivity index (χ4v) is 1.32. The van der Waals surface area contributed by atoms with E-state index < -0.39 is 17.8 Å². The van der Waals surface area contributed by atoms with Crippen LogP contribution in [0, 0.1) is 17.1 Å². The largest absolute Gasteiger partial charge is 0.385 e. The van der Waals surface area contributed by atoms with Gasteiger partial charge < -0.3 is 15.8 Å². The summed E-state index contributed by atoms with van der Waals surface area (Å²) in [6, 6.07) is 4.61. The highest BCUT2D eigenvalue weighted by Gasteiger charge is 2.15. The molecule has 1 unspecified atom stereocenters. The summed E-state index contributed by atoms with van der Waals surface area (Å²) in [4.78, 5) is 11.7. The Morgan fingerprint density at radius 1 is 1.67 bits per heavy atom. The van der Waals surface area contributed by atoms with Crippen molar-refractivity contribution in [3.63, 3.8) is 0 Å². The molecule has 0 bridgehead atoms. The van der Waals surface area contributed by atoms with Gasteiger partial charge in [0.2, 0.25) is 5.91 Å². The van der Waals surface area contributed by atoms with Gasteiger partial charge in [-0.3, -0.25) is 4.79 Å². The predicted octanol–water partition coefficient (Wildman–Crippen LogP) is 1.000. The number of nitriles is 1. The molecule has 0 fully saturated rings. The summed E-state index contributed by atoms with van der Waals surface area (Å²) in [6.45, 7) is 0.364. The molecule has 0 aliphatic carbocycles. The van der Waals surface area contributed by atoms with Crippen LogP contribution in [0.1, 0.15) is 12.0 Å². The Hall–Kier alpha value is -1.97. The predicted molar refractivity (Wildman–Crippen MR) is 64.2 cm³/mol. The maximum atomic E-state index is 12.9. The molecule has 3 N–H and O–H groups in total. The molecule has 1 atom stereocenters. The zero-order valence-corrected chi connectivity index (χ0v) is 9.94. The molecule has 0 aromatic heterocycles. The molecule has 5 nitrogen and oxygen atoms in total. The minimum absolute atomic E-state index is 0.0577. The molecule has 0 saturated heterocycles. The lowest BCUT2D eigenvalue weighted by molar-refractivity contribution is -0.117. The second-order valence-corrected chi connectivity index (χ2v) is 3.68. The van der Waals surface area contributed by atoms with Gasteiger partial charge in [-0.1, -0.05) is 0 Å². The minimum atomic E-state index is -0.735. The third kappa shape index (κ3) is 3.80. The molecule has 0 aliphatic rings. The minimum Gasteiger partial charge on any atom is -0.385 e. The summed E-state index contributed by atoms with van der Waals surface area (Å²) in [5.41, 5.74) is 5.93. The maximum Gasteiger partial charge on any atom is 0.241 e. The monoisotopic (exact) mass is 251 g/mol. The van der Waals surface area contributed by atoms with Crippen LogP contribution >= 0.6 is 0 Å². The Labute approximate surface area is 104 Å². The van der Waals surface area contributed by atoms with E-state index in [-0.39, 0.29) is 11.3 Å². The van der Waals surface area contributed by atoms with Gasteiger partial charge in [-0.2, -0.15) is 5.26 Å². The van der Waals surface area contributed by atoms with Crippen LogP contribution < -0.4 is 11.1 Å². The zero-order chi connectivity index (χ0) is 13.5. The number of methoxy groups -OCH3 is 1. The molecule has 1 aromatic carbocycles. The molecule has 18 heavy (non-hydrogen) atoms. The van der Waals surface area contributed by atoms with E-state index in [0.29, 0.717) is 13.0 Å². The first-order valence-corrected chi connectivity index (χ1v) is 5.33. The van der Waals surface area contributed by atoms with E-state index in [9.17, 15) is 9.18 Å². The molecule has 96 valence electrons. The molecule has 0 heterocycles. The van der Waals surface area contributed by atoms with Crippen molar-refractivity contribution in [2.24, 2.45) is 5.73 Å². The van der Waals surface area contributed by atoms with Gasteiger partial charge in [0.15, 0.2) is 0 Å². The number of anilines is 1. The van der Waals surface area contributed by atoms with Gasteiger partial charge in [0.1, 0.15) is 11.9 Å². The number of benzene rings is 1. The van der Waals surface area contributed by atoms with E-state index in [1.165, 1.54) is 13.2 Å². The third-order valence-electron chi connectivity index (χ3n) is 2.33. The van der Waals surface area contributed by atoms with Crippen LogP contribution in [0.2, 0.25) is 0 Å². The highest BCUT2D eigenvalue weighted by molar-refractivity contribution is 5.95. The number of hydrogen-bond acceptors (Lipinski definition) is 4. The number of nitrogens with zero attached hydrogens (tertiary/aromatic N) is 1. The van der Waals surface area contributed by atoms with Gasteiger partial charge in [0.25, 0.3) is 0 Å². The van der Waals surface area contributed by atoms with Crippen LogP contribution in [0.5, 0.6) is 0 Å².